The largest absolute Gasteiger partial charge is 0.338 e. The molecule has 0 unspecified atom stereocenters. The van der Waals surface area contributed by atoms with Crippen LogP contribution in [0.15, 0.2) is 18.2 Å². The first kappa shape index (κ1) is 14.4. The van der Waals surface area contributed by atoms with Gasteiger partial charge >= 0.3 is 0 Å². The van der Waals surface area contributed by atoms with Crippen molar-refractivity contribution in [3.63, 3.8) is 0 Å². The third-order valence-corrected chi connectivity index (χ3v) is 4.62. The third-order valence-electron chi connectivity index (χ3n) is 4.62. The van der Waals surface area contributed by atoms with Crippen LogP contribution >= 0.6 is 0 Å². The summed E-state index contributed by atoms with van der Waals surface area (Å²) in [6.45, 7) is 8.13. The van der Waals surface area contributed by atoms with Gasteiger partial charge in [0.25, 0.3) is 0 Å². The normalized spacial score (nSPS) is 16.6. The van der Waals surface area contributed by atoms with Crippen molar-refractivity contribution in [2.45, 2.75) is 20.3 Å². The summed E-state index contributed by atoms with van der Waals surface area (Å²) in [5.74, 6) is 1.70. The highest BCUT2D eigenvalue weighted by Crippen LogP contribution is 2.24. The van der Waals surface area contributed by atoms with Crippen molar-refractivity contribution < 1.29 is 0 Å². The van der Waals surface area contributed by atoms with Crippen LogP contribution in [-0.2, 0) is 6.42 Å². The van der Waals surface area contributed by atoms with Crippen LogP contribution in [0.1, 0.15) is 18.3 Å². The van der Waals surface area contributed by atoms with Gasteiger partial charge in [0.2, 0.25) is 5.95 Å². The fourth-order valence-electron chi connectivity index (χ4n) is 3.17. The van der Waals surface area contributed by atoms with E-state index in [1.165, 1.54) is 5.56 Å². The number of fused-ring (bicyclic) bond motifs is 3. The van der Waals surface area contributed by atoms with E-state index >= 15 is 0 Å². The number of aryl methyl sites for hydroxylation is 2. The molecule has 2 aromatic heterocycles. The van der Waals surface area contributed by atoms with E-state index in [2.05, 4.69) is 52.1 Å². The Hall–Kier alpha value is -2.21. The molecule has 1 aromatic carbocycles. The highest BCUT2D eigenvalue weighted by atomic mass is 15.4. The van der Waals surface area contributed by atoms with Crippen molar-refractivity contribution >= 4 is 22.5 Å². The highest BCUT2D eigenvalue weighted by Gasteiger charge is 2.20. The van der Waals surface area contributed by atoms with E-state index in [4.69, 9.17) is 4.98 Å². The minimum absolute atomic E-state index is 0.788. The number of benzene rings is 1. The number of piperazine rings is 1. The zero-order valence-electron chi connectivity index (χ0n) is 14.0. The highest BCUT2D eigenvalue weighted by molar-refractivity contribution is 5.92. The first-order valence-corrected chi connectivity index (χ1v) is 8.25. The van der Waals surface area contributed by atoms with E-state index in [0.717, 1.165) is 60.9 Å². The number of nitrogens with zero attached hydrogens (tertiary/aromatic N) is 6. The smallest absolute Gasteiger partial charge is 0.229 e. The molecule has 120 valence electrons. The van der Waals surface area contributed by atoms with E-state index in [9.17, 15) is 0 Å². The summed E-state index contributed by atoms with van der Waals surface area (Å²) in [4.78, 5) is 14.2. The SMILES string of the molecule is CCc1ccc2nc(N3CCN(C)CC3)n3nc(C)nc3c2c1. The van der Waals surface area contributed by atoms with Gasteiger partial charge in [-0.15, -0.1) is 5.10 Å². The predicted molar refractivity (Wildman–Crippen MR) is 92.1 cm³/mol. The van der Waals surface area contributed by atoms with E-state index in [-0.39, 0.29) is 0 Å². The molecule has 0 bridgehead atoms. The molecule has 6 heteroatoms. The summed E-state index contributed by atoms with van der Waals surface area (Å²) in [7, 11) is 2.16. The van der Waals surface area contributed by atoms with Gasteiger partial charge in [-0.05, 0) is 38.1 Å². The summed E-state index contributed by atoms with van der Waals surface area (Å²) < 4.78 is 1.92. The Morgan fingerprint density at radius 2 is 1.87 bits per heavy atom. The lowest BCUT2D eigenvalue weighted by molar-refractivity contribution is 0.310. The van der Waals surface area contributed by atoms with Gasteiger partial charge in [-0.2, -0.15) is 4.52 Å². The molecule has 3 aromatic rings. The topological polar surface area (TPSA) is 49.6 Å². The van der Waals surface area contributed by atoms with Crippen molar-refractivity contribution in [1.82, 2.24) is 24.5 Å². The second kappa shape index (κ2) is 5.45. The number of aromatic nitrogens is 4. The molecule has 4 rings (SSSR count). The number of likely N-dealkylation sites (N-methyl/N-ethyl adjacent to an activating group) is 1. The van der Waals surface area contributed by atoms with Crippen LogP contribution in [0, 0.1) is 6.92 Å². The molecule has 0 saturated carbocycles. The van der Waals surface area contributed by atoms with Gasteiger partial charge in [-0.1, -0.05) is 13.0 Å². The summed E-state index contributed by atoms with van der Waals surface area (Å²) >= 11 is 0. The zero-order valence-corrected chi connectivity index (χ0v) is 14.0. The van der Waals surface area contributed by atoms with Crippen molar-refractivity contribution in [3.05, 3.63) is 29.6 Å². The second-order valence-corrected chi connectivity index (χ2v) is 6.30. The molecule has 0 amide bonds. The minimum atomic E-state index is 0.788. The molecule has 1 aliphatic heterocycles. The summed E-state index contributed by atoms with van der Waals surface area (Å²) in [5, 5.41) is 5.69. The van der Waals surface area contributed by atoms with Crippen LogP contribution in [0.2, 0.25) is 0 Å². The molecule has 1 fully saturated rings. The predicted octanol–water partition coefficient (Wildman–Crippen LogP) is 1.90. The molecule has 1 aliphatic rings. The van der Waals surface area contributed by atoms with Crippen LogP contribution in [0.5, 0.6) is 0 Å². The Bertz CT molecular complexity index is 860. The fraction of sp³-hybridized carbons (Fsp3) is 0.471. The molecular formula is C17H22N6. The maximum absolute atomic E-state index is 4.91. The third kappa shape index (κ3) is 2.43. The van der Waals surface area contributed by atoms with Gasteiger partial charge in [0, 0.05) is 31.6 Å². The maximum atomic E-state index is 4.91. The molecule has 0 spiro atoms. The molecule has 0 atom stereocenters. The number of anilines is 1. The first-order valence-electron chi connectivity index (χ1n) is 8.25. The molecule has 0 N–H and O–H groups in total. The van der Waals surface area contributed by atoms with Gasteiger partial charge in [-0.3, -0.25) is 0 Å². The first-order chi connectivity index (χ1) is 11.2. The minimum Gasteiger partial charge on any atom is -0.338 e. The maximum Gasteiger partial charge on any atom is 0.229 e. The number of hydrogen-bond donors (Lipinski definition) is 0. The van der Waals surface area contributed by atoms with Crippen LogP contribution < -0.4 is 4.90 Å². The van der Waals surface area contributed by atoms with Gasteiger partial charge in [0.05, 0.1) is 5.52 Å². The molecular weight excluding hydrogens is 288 g/mol. The van der Waals surface area contributed by atoms with Crippen molar-refractivity contribution in [2.75, 3.05) is 38.1 Å². The molecule has 3 heterocycles. The number of rotatable bonds is 2. The summed E-state index contributed by atoms with van der Waals surface area (Å²) in [6, 6.07) is 6.46. The van der Waals surface area contributed by atoms with Gasteiger partial charge in [0.15, 0.2) is 5.65 Å². The Morgan fingerprint density at radius 1 is 1.09 bits per heavy atom. The second-order valence-electron chi connectivity index (χ2n) is 6.30. The lowest BCUT2D eigenvalue weighted by Crippen LogP contribution is -2.45. The Kier molecular flexibility index (Phi) is 3.41. The van der Waals surface area contributed by atoms with E-state index in [0.29, 0.717) is 0 Å². The average Bonchev–Trinajstić information content (AvgIpc) is 2.96. The Balaban J connectivity index is 1.92. The summed E-state index contributed by atoms with van der Waals surface area (Å²) in [5.41, 5.74) is 3.21. The molecule has 6 nitrogen and oxygen atoms in total. The molecule has 23 heavy (non-hydrogen) atoms. The fourth-order valence-corrected chi connectivity index (χ4v) is 3.17. The van der Waals surface area contributed by atoms with Gasteiger partial charge in [0.1, 0.15) is 5.82 Å². The molecule has 1 saturated heterocycles. The van der Waals surface area contributed by atoms with Crippen LogP contribution in [0.3, 0.4) is 0 Å². The Labute approximate surface area is 135 Å². The molecule has 0 radical (unpaired) electrons. The number of hydrogen-bond acceptors (Lipinski definition) is 5. The standard InChI is InChI=1S/C17H22N6/c1-4-13-5-6-15-14(11-13)16-18-12(2)20-23(16)17(19-15)22-9-7-21(3)8-10-22/h5-6,11H,4,7-10H2,1-3H3. The van der Waals surface area contributed by atoms with Crippen molar-refractivity contribution in [2.24, 2.45) is 0 Å². The van der Waals surface area contributed by atoms with E-state index in [1.807, 2.05) is 11.4 Å². The molecule has 0 aliphatic carbocycles. The monoisotopic (exact) mass is 310 g/mol. The lowest BCUT2D eigenvalue weighted by atomic mass is 10.1. The lowest BCUT2D eigenvalue weighted by Gasteiger charge is -2.33. The van der Waals surface area contributed by atoms with Crippen molar-refractivity contribution in [3.8, 4) is 0 Å². The van der Waals surface area contributed by atoms with Gasteiger partial charge in [-0.25, -0.2) is 9.97 Å². The van der Waals surface area contributed by atoms with Crippen molar-refractivity contribution in [1.29, 1.82) is 0 Å². The van der Waals surface area contributed by atoms with Crippen LogP contribution in [0.25, 0.3) is 16.6 Å². The van der Waals surface area contributed by atoms with Crippen LogP contribution in [-0.4, -0.2) is 57.7 Å². The quantitative estimate of drug-likeness (QED) is 0.723. The summed E-state index contributed by atoms with van der Waals surface area (Å²) in [6.07, 6.45) is 1.01. The zero-order chi connectivity index (χ0) is 16.0. The van der Waals surface area contributed by atoms with Crippen LogP contribution in [0.4, 0.5) is 5.95 Å². The van der Waals surface area contributed by atoms with Gasteiger partial charge < -0.3 is 9.80 Å². The average molecular weight is 310 g/mol. The van der Waals surface area contributed by atoms with E-state index in [1.54, 1.807) is 0 Å². The van der Waals surface area contributed by atoms with E-state index < -0.39 is 0 Å². The Morgan fingerprint density at radius 3 is 2.61 bits per heavy atom.